The number of hydrogen-bond donors (Lipinski definition) is 2. The van der Waals surface area contributed by atoms with Crippen molar-refractivity contribution in [1.29, 1.82) is 0 Å². The van der Waals surface area contributed by atoms with Gasteiger partial charge in [-0.25, -0.2) is 0 Å². The molecule has 6 nitrogen and oxygen atoms in total. The fourth-order valence-corrected chi connectivity index (χ4v) is 1.77. The van der Waals surface area contributed by atoms with Crippen molar-refractivity contribution in [2.75, 3.05) is 11.4 Å². The Morgan fingerprint density at radius 3 is 2.79 bits per heavy atom. The standard InChI is InChI=1S/C12H10ClN3O3/c13-9-2-1-3-10(4-9)16(7-11(17)18)12(19)8-5-14-15-6-8/h1-6H,7H2,(H,14,15)(H,17,18). The van der Waals surface area contributed by atoms with E-state index in [-0.39, 0.29) is 5.56 Å². The van der Waals surface area contributed by atoms with E-state index in [0.29, 0.717) is 10.7 Å². The molecule has 1 heterocycles. The number of aliphatic carboxylic acids is 1. The Kier molecular flexibility index (Phi) is 3.82. The molecule has 1 aromatic carbocycles. The number of H-pyrrole nitrogens is 1. The van der Waals surface area contributed by atoms with Crippen LogP contribution in [0.4, 0.5) is 5.69 Å². The van der Waals surface area contributed by atoms with Gasteiger partial charge in [-0.1, -0.05) is 17.7 Å². The highest BCUT2D eigenvalue weighted by Crippen LogP contribution is 2.21. The molecule has 7 heteroatoms. The Bertz CT molecular complexity index is 598. The second-order valence-electron chi connectivity index (χ2n) is 3.75. The molecule has 0 bridgehead atoms. The van der Waals surface area contributed by atoms with Crippen LogP contribution < -0.4 is 4.90 Å². The molecule has 0 saturated heterocycles. The predicted octanol–water partition coefficient (Wildman–Crippen LogP) is 1.79. The number of carbonyl (C=O) groups excluding carboxylic acids is 1. The van der Waals surface area contributed by atoms with Crippen molar-refractivity contribution >= 4 is 29.2 Å². The van der Waals surface area contributed by atoms with Crippen LogP contribution in [-0.2, 0) is 4.79 Å². The van der Waals surface area contributed by atoms with E-state index >= 15 is 0 Å². The molecule has 0 fully saturated rings. The number of rotatable bonds is 4. The van der Waals surface area contributed by atoms with Crippen molar-refractivity contribution in [3.05, 3.63) is 47.2 Å². The van der Waals surface area contributed by atoms with E-state index in [1.165, 1.54) is 18.5 Å². The van der Waals surface area contributed by atoms with Crippen molar-refractivity contribution in [1.82, 2.24) is 10.2 Å². The lowest BCUT2D eigenvalue weighted by Crippen LogP contribution is -2.35. The molecule has 0 atom stereocenters. The van der Waals surface area contributed by atoms with E-state index in [4.69, 9.17) is 16.7 Å². The fraction of sp³-hybridized carbons (Fsp3) is 0.0833. The van der Waals surface area contributed by atoms with Crippen molar-refractivity contribution < 1.29 is 14.7 Å². The smallest absolute Gasteiger partial charge is 0.323 e. The maximum absolute atomic E-state index is 12.2. The first-order chi connectivity index (χ1) is 9.08. The lowest BCUT2D eigenvalue weighted by molar-refractivity contribution is -0.135. The number of hydrogen-bond acceptors (Lipinski definition) is 3. The summed E-state index contributed by atoms with van der Waals surface area (Å²) in [6, 6.07) is 6.44. The topological polar surface area (TPSA) is 86.3 Å². The average molecular weight is 280 g/mol. The van der Waals surface area contributed by atoms with Crippen LogP contribution in [0, 0.1) is 0 Å². The summed E-state index contributed by atoms with van der Waals surface area (Å²) in [6.07, 6.45) is 2.74. The highest BCUT2D eigenvalue weighted by atomic mass is 35.5. The molecule has 2 aromatic rings. The van der Waals surface area contributed by atoms with Crippen LogP contribution in [0.3, 0.4) is 0 Å². The summed E-state index contributed by atoms with van der Waals surface area (Å²) in [7, 11) is 0. The molecule has 0 unspecified atom stereocenters. The van der Waals surface area contributed by atoms with Gasteiger partial charge in [0.1, 0.15) is 6.54 Å². The van der Waals surface area contributed by atoms with Crippen LogP contribution in [0.2, 0.25) is 5.02 Å². The van der Waals surface area contributed by atoms with Gasteiger partial charge in [0.2, 0.25) is 0 Å². The number of aromatic amines is 1. The van der Waals surface area contributed by atoms with Gasteiger partial charge in [-0.2, -0.15) is 5.10 Å². The molecule has 0 spiro atoms. The van der Waals surface area contributed by atoms with E-state index in [9.17, 15) is 9.59 Å². The van der Waals surface area contributed by atoms with Gasteiger partial charge in [0, 0.05) is 16.9 Å². The van der Waals surface area contributed by atoms with Crippen LogP contribution in [0.25, 0.3) is 0 Å². The second kappa shape index (κ2) is 5.53. The highest BCUT2D eigenvalue weighted by Gasteiger charge is 2.21. The van der Waals surface area contributed by atoms with E-state index < -0.39 is 18.4 Å². The Hall–Kier alpha value is -2.34. The quantitative estimate of drug-likeness (QED) is 0.893. The molecule has 2 rings (SSSR count). The van der Waals surface area contributed by atoms with Gasteiger partial charge in [-0.05, 0) is 18.2 Å². The summed E-state index contributed by atoms with van der Waals surface area (Å²) in [5.41, 5.74) is 0.697. The van der Waals surface area contributed by atoms with E-state index in [0.717, 1.165) is 4.90 Å². The molecule has 1 aromatic heterocycles. The summed E-state index contributed by atoms with van der Waals surface area (Å²) in [5.74, 6) is -1.57. The lowest BCUT2D eigenvalue weighted by Gasteiger charge is -2.20. The normalized spacial score (nSPS) is 10.2. The SMILES string of the molecule is O=C(O)CN(C(=O)c1cn[nH]c1)c1cccc(Cl)c1. The molecule has 0 radical (unpaired) electrons. The van der Waals surface area contributed by atoms with Gasteiger partial charge in [0.15, 0.2) is 0 Å². The molecule has 1 amide bonds. The highest BCUT2D eigenvalue weighted by molar-refractivity contribution is 6.31. The number of amides is 1. The zero-order valence-corrected chi connectivity index (χ0v) is 10.5. The Morgan fingerprint density at radius 1 is 1.42 bits per heavy atom. The van der Waals surface area contributed by atoms with Crippen molar-refractivity contribution in [2.45, 2.75) is 0 Å². The van der Waals surface area contributed by atoms with Crippen LogP contribution in [0.1, 0.15) is 10.4 Å². The lowest BCUT2D eigenvalue weighted by atomic mass is 10.2. The zero-order chi connectivity index (χ0) is 13.8. The van der Waals surface area contributed by atoms with Gasteiger partial charge in [-0.15, -0.1) is 0 Å². The summed E-state index contributed by atoms with van der Waals surface area (Å²) in [4.78, 5) is 24.2. The molecular weight excluding hydrogens is 270 g/mol. The number of carboxylic acids is 1. The molecule has 0 aliphatic rings. The van der Waals surface area contributed by atoms with Gasteiger partial charge >= 0.3 is 5.97 Å². The number of carbonyl (C=O) groups is 2. The number of anilines is 1. The zero-order valence-electron chi connectivity index (χ0n) is 9.71. The first-order valence-electron chi connectivity index (χ1n) is 5.36. The Balaban J connectivity index is 2.36. The molecule has 98 valence electrons. The first-order valence-corrected chi connectivity index (χ1v) is 5.73. The molecule has 2 N–H and O–H groups in total. The molecule has 0 aliphatic carbocycles. The van der Waals surface area contributed by atoms with Crippen LogP contribution in [0.5, 0.6) is 0 Å². The number of nitrogens with one attached hydrogen (secondary N) is 1. The molecule has 0 aliphatic heterocycles. The van der Waals surface area contributed by atoms with Gasteiger partial charge in [0.05, 0.1) is 11.8 Å². The van der Waals surface area contributed by atoms with Crippen LogP contribution in [-0.4, -0.2) is 33.7 Å². The summed E-state index contributed by atoms with van der Waals surface area (Å²) in [5, 5.41) is 15.5. The molecular formula is C12H10ClN3O3. The third-order valence-corrected chi connectivity index (χ3v) is 2.64. The number of halogens is 1. The number of aromatic nitrogens is 2. The maximum Gasteiger partial charge on any atom is 0.323 e. The van der Waals surface area contributed by atoms with E-state index in [1.54, 1.807) is 18.2 Å². The summed E-state index contributed by atoms with van der Waals surface area (Å²) >= 11 is 5.85. The summed E-state index contributed by atoms with van der Waals surface area (Å²) < 4.78 is 0. The number of nitrogens with zero attached hydrogens (tertiary/aromatic N) is 2. The maximum atomic E-state index is 12.2. The minimum atomic E-state index is -1.11. The predicted molar refractivity (Wildman–Crippen MR) is 69.4 cm³/mol. The average Bonchev–Trinajstić information content (AvgIpc) is 2.88. The first kappa shape index (κ1) is 13.1. The van der Waals surface area contributed by atoms with E-state index in [2.05, 4.69) is 10.2 Å². The van der Waals surface area contributed by atoms with Crippen molar-refractivity contribution in [3.8, 4) is 0 Å². The minimum Gasteiger partial charge on any atom is -0.480 e. The van der Waals surface area contributed by atoms with Gasteiger partial charge in [0.25, 0.3) is 5.91 Å². The van der Waals surface area contributed by atoms with Crippen molar-refractivity contribution in [2.24, 2.45) is 0 Å². The molecule has 19 heavy (non-hydrogen) atoms. The van der Waals surface area contributed by atoms with E-state index in [1.807, 2.05) is 0 Å². The second-order valence-corrected chi connectivity index (χ2v) is 4.19. The van der Waals surface area contributed by atoms with Crippen LogP contribution >= 0.6 is 11.6 Å². The Morgan fingerprint density at radius 2 is 2.21 bits per heavy atom. The number of carboxylic acid groups (broad SMARTS) is 1. The number of benzene rings is 1. The monoisotopic (exact) mass is 279 g/mol. The minimum absolute atomic E-state index is 0.279. The van der Waals surface area contributed by atoms with Gasteiger partial charge in [-0.3, -0.25) is 19.6 Å². The fourth-order valence-electron chi connectivity index (χ4n) is 1.58. The van der Waals surface area contributed by atoms with Crippen LogP contribution in [0.15, 0.2) is 36.7 Å². The van der Waals surface area contributed by atoms with Crippen molar-refractivity contribution in [3.63, 3.8) is 0 Å². The van der Waals surface area contributed by atoms with Gasteiger partial charge < -0.3 is 5.11 Å². The Labute approximate surface area is 113 Å². The largest absolute Gasteiger partial charge is 0.480 e. The third kappa shape index (κ3) is 3.11. The molecule has 0 saturated carbocycles. The third-order valence-electron chi connectivity index (χ3n) is 2.40. The summed E-state index contributed by atoms with van der Waals surface area (Å²) in [6.45, 7) is -0.454.